The van der Waals surface area contributed by atoms with Gasteiger partial charge in [-0.05, 0) is 38.9 Å². The van der Waals surface area contributed by atoms with E-state index in [0.717, 1.165) is 32.3 Å². The lowest BCUT2D eigenvalue weighted by molar-refractivity contribution is 0.0796. The molecule has 3 heteroatoms. The van der Waals surface area contributed by atoms with E-state index >= 15 is 0 Å². The Balaban J connectivity index is 2.10. The van der Waals surface area contributed by atoms with Crippen molar-refractivity contribution in [1.82, 2.24) is 10.2 Å². The van der Waals surface area contributed by atoms with Gasteiger partial charge in [0.05, 0.1) is 6.61 Å². The van der Waals surface area contributed by atoms with E-state index in [4.69, 9.17) is 4.74 Å². The van der Waals surface area contributed by atoms with E-state index in [-0.39, 0.29) is 0 Å². The lowest BCUT2D eigenvalue weighted by Gasteiger charge is -2.33. The van der Waals surface area contributed by atoms with Crippen molar-refractivity contribution in [2.24, 2.45) is 0 Å². The fraction of sp³-hybridized carbons (Fsp3) is 1.00. The maximum atomic E-state index is 5.64. The van der Waals surface area contributed by atoms with Crippen molar-refractivity contribution in [3.63, 3.8) is 0 Å². The summed E-state index contributed by atoms with van der Waals surface area (Å²) in [5.74, 6) is 0. The van der Waals surface area contributed by atoms with Crippen LogP contribution in [0.4, 0.5) is 0 Å². The third kappa shape index (κ3) is 5.28. The molecule has 0 atom stereocenters. The number of piperidine rings is 1. The highest BCUT2D eigenvalue weighted by atomic mass is 16.5. The van der Waals surface area contributed by atoms with Crippen molar-refractivity contribution in [1.29, 1.82) is 0 Å². The second kappa shape index (κ2) is 8.97. The molecule has 3 nitrogen and oxygen atoms in total. The van der Waals surface area contributed by atoms with Crippen LogP contribution in [0.5, 0.6) is 0 Å². The molecule has 1 aliphatic rings. The SMILES string of the molecule is CCCCOCCN(CC)C1CCNCC1. The summed E-state index contributed by atoms with van der Waals surface area (Å²) in [5, 5.41) is 3.42. The van der Waals surface area contributed by atoms with Crippen molar-refractivity contribution < 1.29 is 4.74 Å². The number of nitrogens with zero attached hydrogens (tertiary/aromatic N) is 1. The Hall–Kier alpha value is -0.120. The summed E-state index contributed by atoms with van der Waals surface area (Å²) in [5.41, 5.74) is 0. The molecule has 1 heterocycles. The zero-order valence-corrected chi connectivity index (χ0v) is 11.0. The number of hydrogen-bond acceptors (Lipinski definition) is 3. The molecule has 0 aromatic heterocycles. The van der Waals surface area contributed by atoms with Crippen molar-refractivity contribution in [2.75, 3.05) is 39.4 Å². The number of hydrogen-bond donors (Lipinski definition) is 1. The molecule has 1 rings (SSSR count). The van der Waals surface area contributed by atoms with Gasteiger partial charge in [-0.15, -0.1) is 0 Å². The molecule has 0 spiro atoms. The minimum absolute atomic E-state index is 0.779. The summed E-state index contributed by atoms with van der Waals surface area (Å²) in [6.45, 7) is 10.9. The molecule has 0 radical (unpaired) electrons. The van der Waals surface area contributed by atoms with Crippen LogP contribution in [0.25, 0.3) is 0 Å². The van der Waals surface area contributed by atoms with Crippen LogP contribution in [-0.4, -0.2) is 50.3 Å². The second-order valence-electron chi connectivity index (χ2n) is 4.58. The number of rotatable bonds is 8. The van der Waals surface area contributed by atoms with Gasteiger partial charge in [0.1, 0.15) is 0 Å². The standard InChI is InChI=1S/C13H28N2O/c1-3-5-11-16-12-10-15(4-2)13-6-8-14-9-7-13/h13-14H,3-12H2,1-2H3. The van der Waals surface area contributed by atoms with Crippen molar-refractivity contribution in [2.45, 2.75) is 45.6 Å². The maximum absolute atomic E-state index is 5.64. The highest BCUT2D eigenvalue weighted by molar-refractivity contribution is 4.76. The highest BCUT2D eigenvalue weighted by Gasteiger charge is 2.18. The zero-order chi connectivity index (χ0) is 11.6. The molecule has 1 aliphatic heterocycles. The molecule has 0 amide bonds. The van der Waals surface area contributed by atoms with Gasteiger partial charge in [-0.25, -0.2) is 0 Å². The van der Waals surface area contributed by atoms with Gasteiger partial charge in [0.15, 0.2) is 0 Å². The molecule has 1 N–H and O–H groups in total. The van der Waals surface area contributed by atoms with E-state index in [9.17, 15) is 0 Å². The first-order chi connectivity index (χ1) is 7.88. The van der Waals surface area contributed by atoms with Crippen LogP contribution < -0.4 is 5.32 Å². The summed E-state index contributed by atoms with van der Waals surface area (Å²) < 4.78 is 5.64. The fourth-order valence-corrected chi connectivity index (χ4v) is 2.30. The predicted molar refractivity (Wildman–Crippen MR) is 68.9 cm³/mol. The van der Waals surface area contributed by atoms with Gasteiger partial charge in [0.2, 0.25) is 0 Å². The third-order valence-corrected chi connectivity index (χ3v) is 3.40. The van der Waals surface area contributed by atoms with Crippen LogP contribution in [-0.2, 0) is 4.74 Å². The van der Waals surface area contributed by atoms with E-state index in [1.165, 1.54) is 38.8 Å². The van der Waals surface area contributed by atoms with Crippen LogP contribution >= 0.6 is 0 Å². The summed E-state index contributed by atoms with van der Waals surface area (Å²) in [6, 6.07) is 0.779. The minimum Gasteiger partial charge on any atom is -0.380 e. The predicted octanol–water partition coefficient (Wildman–Crippen LogP) is 1.88. The smallest absolute Gasteiger partial charge is 0.0593 e. The largest absolute Gasteiger partial charge is 0.380 e. The van der Waals surface area contributed by atoms with Gasteiger partial charge in [-0.1, -0.05) is 20.3 Å². The Morgan fingerprint density at radius 3 is 2.56 bits per heavy atom. The molecule has 1 fully saturated rings. The molecular formula is C13H28N2O. The van der Waals surface area contributed by atoms with E-state index in [0.29, 0.717) is 0 Å². The fourth-order valence-electron chi connectivity index (χ4n) is 2.30. The Morgan fingerprint density at radius 2 is 1.94 bits per heavy atom. The number of likely N-dealkylation sites (N-methyl/N-ethyl adjacent to an activating group) is 1. The minimum atomic E-state index is 0.779. The number of nitrogens with one attached hydrogen (secondary N) is 1. The van der Waals surface area contributed by atoms with Crippen molar-refractivity contribution in [3.05, 3.63) is 0 Å². The molecule has 1 saturated heterocycles. The lowest BCUT2D eigenvalue weighted by Crippen LogP contribution is -2.44. The lowest BCUT2D eigenvalue weighted by atomic mass is 10.1. The average Bonchev–Trinajstić information content (AvgIpc) is 2.35. The van der Waals surface area contributed by atoms with Crippen molar-refractivity contribution >= 4 is 0 Å². The molecule has 0 bridgehead atoms. The van der Waals surface area contributed by atoms with Gasteiger partial charge >= 0.3 is 0 Å². The molecule has 0 aliphatic carbocycles. The van der Waals surface area contributed by atoms with Crippen LogP contribution in [0.1, 0.15) is 39.5 Å². The molecule has 16 heavy (non-hydrogen) atoms. The Bertz CT molecular complexity index is 158. The molecule has 0 unspecified atom stereocenters. The van der Waals surface area contributed by atoms with Gasteiger partial charge in [0.25, 0.3) is 0 Å². The maximum Gasteiger partial charge on any atom is 0.0593 e. The van der Waals surface area contributed by atoms with E-state index in [1.807, 2.05) is 0 Å². The second-order valence-corrected chi connectivity index (χ2v) is 4.58. The number of ether oxygens (including phenoxy) is 1. The van der Waals surface area contributed by atoms with E-state index in [1.54, 1.807) is 0 Å². The summed E-state index contributed by atoms with van der Waals surface area (Å²) in [4.78, 5) is 2.58. The van der Waals surface area contributed by atoms with Crippen LogP contribution in [0.2, 0.25) is 0 Å². The van der Waals surface area contributed by atoms with Gasteiger partial charge in [-0.3, -0.25) is 4.90 Å². The van der Waals surface area contributed by atoms with E-state index < -0.39 is 0 Å². The van der Waals surface area contributed by atoms with E-state index in [2.05, 4.69) is 24.1 Å². The summed E-state index contributed by atoms with van der Waals surface area (Å²) >= 11 is 0. The summed E-state index contributed by atoms with van der Waals surface area (Å²) in [7, 11) is 0. The highest BCUT2D eigenvalue weighted by Crippen LogP contribution is 2.10. The molecule has 0 aromatic rings. The molecule has 96 valence electrons. The van der Waals surface area contributed by atoms with Gasteiger partial charge in [0, 0.05) is 19.2 Å². The molecule has 0 saturated carbocycles. The topological polar surface area (TPSA) is 24.5 Å². The first-order valence-corrected chi connectivity index (χ1v) is 6.91. The monoisotopic (exact) mass is 228 g/mol. The Morgan fingerprint density at radius 1 is 1.19 bits per heavy atom. The van der Waals surface area contributed by atoms with Crippen LogP contribution in [0.3, 0.4) is 0 Å². The van der Waals surface area contributed by atoms with Crippen molar-refractivity contribution in [3.8, 4) is 0 Å². The first-order valence-electron chi connectivity index (χ1n) is 6.91. The summed E-state index contributed by atoms with van der Waals surface area (Å²) in [6.07, 6.45) is 5.01. The van der Waals surface area contributed by atoms with Gasteiger partial charge in [-0.2, -0.15) is 0 Å². The van der Waals surface area contributed by atoms with Crippen LogP contribution in [0, 0.1) is 0 Å². The molecule has 0 aromatic carbocycles. The Kier molecular flexibility index (Phi) is 7.81. The molecular weight excluding hydrogens is 200 g/mol. The first kappa shape index (κ1) is 13.9. The normalized spacial score (nSPS) is 18.2. The van der Waals surface area contributed by atoms with Gasteiger partial charge < -0.3 is 10.1 Å². The quantitative estimate of drug-likeness (QED) is 0.642. The third-order valence-electron chi connectivity index (χ3n) is 3.40. The van der Waals surface area contributed by atoms with Crippen LogP contribution in [0.15, 0.2) is 0 Å². The Labute approximate surface area is 101 Å². The average molecular weight is 228 g/mol. The number of unbranched alkanes of at least 4 members (excludes halogenated alkanes) is 1. The zero-order valence-electron chi connectivity index (χ0n) is 11.0.